The van der Waals surface area contributed by atoms with Crippen molar-refractivity contribution >= 4 is 34.3 Å². The Morgan fingerprint density at radius 1 is 1.07 bits per heavy atom. The maximum atomic E-state index is 14.5. The van der Waals surface area contributed by atoms with E-state index in [1.54, 1.807) is 30.5 Å². The molecule has 0 bridgehead atoms. The number of ether oxygens (including phenoxy) is 2. The number of para-hydroxylation sites is 2. The van der Waals surface area contributed by atoms with Crippen molar-refractivity contribution in [3.8, 4) is 5.75 Å². The molecule has 2 aromatic heterocycles. The summed E-state index contributed by atoms with van der Waals surface area (Å²) in [4.78, 5) is 32.8. The number of rotatable bonds is 8. The number of nitrogens with zero attached hydrogens (tertiary/aromatic N) is 3. The second-order valence-corrected chi connectivity index (χ2v) is 11.8. The molecule has 3 aromatic carbocycles. The van der Waals surface area contributed by atoms with Gasteiger partial charge < -0.3 is 14.0 Å². The Bertz CT molecular complexity index is 2100. The number of carbonyl (C=O) groups excluding carboxylic acids is 1. The Balaban J connectivity index is 1.54. The molecule has 0 N–H and O–H groups in total. The molecule has 0 aliphatic carbocycles. The van der Waals surface area contributed by atoms with Crippen molar-refractivity contribution in [3.63, 3.8) is 0 Å². The van der Waals surface area contributed by atoms with Crippen LogP contribution in [0, 0.1) is 5.82 Å². The second-order valence-electron chi connectivity index (χ2n) is 10.8. The van der Waals surface area contributed by atoms with Crippen LogP contribution in [-0.2, 0) is 16.1 Å². The van der Waals surface area contributed by atoms with E-state index < -0.39 is 12.0 Å². The Morgan fingerprint density at radius 3 is 2.57 bits per heavy atom. The topological polar surface area (TPSA) is 74.8 Å². The van der Waals surface area contributed by atoms with E-state index in [0.29, 0.717) is 44.0 Å². The molecule has 0 saturated heterocycles. The first-order valence-corrected chi connectivity index (χ1v) is 15.3. The van der Waals surface area contributed by atoms with Crippen LogP contribution in [0.1, 0.15) is 50.4 Å². The van der Waals surface area contributed by atoms with Gasteiger partial charge in [0.15, 0.2) is 4.80 Å². The van der Waals surface area contributed by atoms with Gasteiger partial charge in [-0.05, 0) is 52.0 Å². The minimum absolute atomic E-state index is 0.121. The molecule has 6 rings (SSSR count). The number of hydrogen-bond donors (Lipinski definition) is 0. The highest BCUT2D eigenvalue weighted by Gasteiger charge is 2.35. The predicted octanol–water partition coefficient (Wildman–Crippen LogP) is 5.73. The second kappa shape index (κ2) is 12.1. The summed E-state index contributed by atoms with van der Waals surface area (Å²) in [5, 5.41) is 0.935. The molecule has 1 aliphatic rings. The van der Waals surface area contributed by atoms with E-state index in [0.717, 1.165) is 16.5 Å². The molecule has 1 atom stereocenters. The molecule has 224 valence electrons. The van der Waals surface area contributed by atoms with Crippen molar-refractivity contribution in [2.75, 3.05) is 6.61 Å². The maximum Gasteiger partial charge on any atom is 0.338 e. The zero-order valence-electron chi connectivity index (χ0n) is 24.9. The van der Waals surface area contributed by atoms with Crippen molar-refractivity contribution in [3.05, 3.63) is 132 Å². The number of carbonyl (C=O) groups is 1. The number of fused-ring (bicyclic) bond motifs is 2. The third-order valence-corrected chi connectivity index (χ3v) is 8.48. The molecular formula is C35H32FN3O4S. The number of thiazole rings is 1. The van der Waals surface area contributed by atoms with Gasteiger partial charge in [0.05, 0.1) is 35.1 Å². The molecular weight excluding hydrogens is 577 g/mol. The summed E-state index contributed by atoms with van der Waals surface area (Å²) < 4.78 is 30.1. The van der Waals surface area contributed by atoms with Crippen LogP contribution in [0.4, 0.5) is 4.39 Å². The highest BCUT2D eigenvalue weighted by molar-refractivity contribution is 7.07. The maximum absolute atomic E-state index is 14.5. The lowest BCUT2D eigenvalue weighted by Gasteiger charge is -2.26. The number of halogens is 1. The van der Waals surface area contributed by atoms with Crippen LogP contribution in [0.5, 0.6) is 5.75 Å². The normalized spacial score (nSPS) is 15.0. The molecule has 0 radical (unpaired) electrons. The standard InChI is InChI=1S/C35H32FN3O4S/c1-5-42-34(41)31-22(4)37-35-39(32(31)26-14-8-11-17-29(26)43-21(2)3)33(40)30(44-35)18-24-20-38(28-16-10-7-13-25(24)28)19-23-12-6-9-15-27(23)36/h6-18,20-21,32H,5,19H2,1-4H3/b30-18-/t32-/m0/s1. The van der Waals surface area contributed by atoms with E-state index >= 15 is 0 Å². The zero-order valence-corrected chi connectivity index (χ0v) is 25.7. The zero-order chi connectivity index (χ0) is 31.0. The lowest BCUT2D eigenvalue weighted by molar-refractivity contribution is -0.139. The van der Waals surface area contributed by atoms with E-state index in [1.807, 2.05) is 85.3 Å². The minimum atomic E-state index is -0.787. The summed E-state index contributed by atoms with van der Waals surface area (Å²) in [6, 6.07) is 21.2. The Labute approximate surface area is 257 Å². The van der Waals surface area contributed by atoms with Crippen LogP contribution < -0.4 is 19.6 Å². The van der Waals surface area contributed by atoms with Crippen molar-refractivity contribution in [1.29, 1.82) is 0 Å². The number of aromatic nitrogens is 2. The van der Waals surface area contributed by atoms with Crippen LogP contribution in [0.25, 0.3) is 17.0 Å². The summed E-state index contributed by atoms with van der Waals surface area (Å²) >= 11 is 1.26. The number of allylic oxidation sites excluding steroid dienone is 1. The average Bonchev–Trinajstić information content (AvgIpc) is 3.50. The quantitative estimate of drug-likeness (QED) is 0.211. The molecule has 0 saturated carbocycles. The molecule has 0 amide bonds. The molecule has 5 aromatic rings. The largest absolute Gasteiger partial charge is 0.491 e. The lowest BCUT2D eigenvalue weighted by Crippen LogP contribution is -2.40. The van der Waals surface area contributed by atoms with Crippen LogP contribution >= 0.6 is 11.3 Å². The fourth-order valence-electron chi connectivity index (χ4n) is 5.63. The van der Waals surface area contributed by atoms with Crippen LogP contribution in [0.3, 0.4) is 0 Å². The summed E-state index contributed by atoms with van der Waals surface area (Å²) in [5.41, 5.74) is 3.50. The highest BCUT2D eigenvalue weighted by atomic mass is 32.1. The Kier molecular flexibility index (Phi) is 8.05. The first kappa shape index (κ1) is 29.3. The minimum Gasteiger partial charge on any atom is -0.491 e. The molecule has 1 aliphatic heterocycles. The fourth-order valence-corrected chi connectivity index (χ4v) is 6.66. The first-order chi connectivity index (χ1) is 21.3. The van der Waals surface area contributed by atoms with Crippen molar-refractivity contribution in [2.45, 2.75) is 46.4 Å². The Hall–Kier alpha value is -4.76. The van der Waals surface area contributed by atoms with Crippen molar-refractivity contribution < 1.29 is 18.7 Å². The van der Waals surface area contributed by atoms with Gasteiger partial charge in [-0.25, -0.2) is 14.2 Å². The number of benzene rings is 3. The van der Waals surface area contributed by atoms with Crippen LogP contribution in [0.2, 0.25) is 0 Å². The number of hydrogen-bond acceptors (Lipinski definition) is 6. The van der Waals surface area contributed by atoms with E-state index in [-0.39, 0.29) is 24.1 Å². The van der Waals surface area contributed by atoms with Gasteiger partial charge in [0.25, 0.3) is 5.56 Å². The smallest absolute Gasteiger partial charge is 0.338 e. The molecule has 3 heterocycles. The van der Waals surface area contributed by atoms with Gasteiger partial charge in [0, 0.05) is 33.8 Å². The summed E-state index contributed by atoms with van der Waals surface area (Å²) in [5.74, 6) is -0.215. The van der Waals surface area contributed by atoms with Gasteiger partial charge >= 0.3 is 5.97 Å². The predicted molar refractivity (Wildman–Crippen MR) is 170 cm³/mol. The molecule has 0 spiro atoms. The van der Waals surface area contributed by atoms with Gasteiger partial charge in [-0.1, -0.05) is 65.9 Å². The monoisotopic (exact) mass is 609 g/mol. The van der Waals surface area contributed by atoms with Gasteiger partial charge in [-0.2, -0.15) is 0 Å². The van der Waals surface area contributed by atoms with Crippen molar-refractivity contribution in [1.82, 2.24) is 9.13 Å². The molecule has 0 unspecified atom stereocenters. The summed E-state index contributed by atoms with van der Waals surface area (Å²) in [6.07, 6.45) is 3.67. The van der Waals surface area contributed by atoms with Gasteiger partial charge in [0.1, 0.15) is 17.6 Å². The van der Waals surface area contributed by atoms with Crippen LogP contribution in [0.15, 0.2) is 100 Å². The van der Waals surface area contributed by atoms with E-state index in [2.05, 4.69) is 0 Å². The molecule has 7 nitrogen and oxygen atoms in total. The van der Waals surface area contributed by atoms with Crippen LogP contribution in [-0.4, -0.2) is 27.8 Å². The van der Waals surface area contributed by atoms with Gasteiger partial charge in [-0.3, -0.25) is 9.36 Å². The molecule has 0 fully saturated rings. The first-order valence-electron chi connectivity index (χ1n) is 14.5. The highest BCUT2D eigenvalue weighted by Crippen LogP contribution is 2.36. The lowest BCUT2D eigenvalue weighted by atomic mass is 9.95. The van der Waals surface area contributed by atoms with E-state index in [4.69, 9.17) is 14.5 Å². The average molecular weight is 610 g/mol. The number of esters is 1. The van der Waals surface area contributed by atoms with E-state index in [9.17, 15) is 14.0 Å². The van der Waals surface area contributed by atoms with E-state index in [1.165, 1.54) is 17.4 Å². The van der Waals surface area contributed by atoms with Gasteiger partial charge in [0.2, 0.25) is 0 Å². The Morgan fingerprint density at radius 2 is 1.80 bits per heavy atom. The SMILES string of the molecule is CCOC(=O)C1=C(C)N=c2s/c(=C\c3cn(Cc4ccccc4F)c4ccccc34)c(=O)n2[C@H]1c1ccccc1OC(C)C. The molecule has 9 heteroatoms. The fraction of sp³-hybridized carbons (Fsp3) is 0.229. The summed E-state index contributed by atoms with van der Waals surface area (Å²) in [6.45, 7) is 7.90. The molecule has 44 heavy (non-hydrogen) atoms. The van der Waals surface area contributed by atoms with Crippen molar-refractivity contribution in [2.24, 2.45) is 4.99 Å². The van der Waals surface area contributed by atoms with Gasteiger partial charge in [-0.15, -0.1) is 0 Å². The third-order valence-electron chi connectivity index (χ3n) is 7.50. The third kappa shape index (κ3) is 5.39. The summed E-state index contributed by atoms with van der Waals surface area (Å²) in [7, 11) is 0.